The molecule has 0 aliphatic rings. The molecule has 0 bridgehead atoms. The van der Waals surface area contributed by atoms with Crippen molar-refractivity contribution >= 4 is 45.9 Å². The molecule has 3 heterocycles. The van der Waals surface area contributed by atoms with Crippen LogP contribution in [0.2, 0.25) is 0 Å². The first kappa shape index (κ1) is 32.6. The quantitative estimate of drug-likeness (QED) is 0.105. The number of primary amides is 1. The third-order valence-electron chi connectivity index (χ3n) is 7.71. The molecule has 0 saturated heterocycles. The van der Waals surface area contributed by atoms with Crippen molar-refractivity contribution in [3.63, 3.8) is 0 Å². The molecule has 0 unspecified atom stereocenters. The maximum absolute atomic E-state index is 13.4. The van der Waals surface area contributed by atoms with Gasteiger partial charge in [0.15, 0.2) is 0 Å². The summed E-state index contributed by atoms with van der Waals surface area (Å²) in [5.74, 6) is 1.76. The molecule has 0 fully saturated rings. The van der Waals surface area contributed by atoms with E-state index in [1.165, 1.54) is 6.20 Å². The van der Waals surface area contributed by atoms with Crippen molar-refractivity contribution in [1.82, 2.24) is 24.7 Å². The van der Waals surface area contributed by atoms with Gasteiger partial charge in [-0.05, 0) is 61.7 Å². The van der Waals surface area contributed by atoms with Crippen molar-refractivity contribution in [3.8, 4) is 11.4 Å². The van der Waals surface area contributed by atoms with Crippen molar-refractivity contribution in [2.45, 2.75) is 46.1 Å². The molecule has 0 atom stereocenters. The van der Waals surface area contributed by atoms with Gasteiger partial charge in [0, 0.05) is 29.2 Å². The number of hydrogen-bond acceptors (Lipinski definition) is 8. The summed E-state index contributed by atoms with van der Waals surface area (Å²) in [6.07, 6.45) is 7.60. The van der Waals surface area contributed by atoms with E-state index in [9.17, 15) is 9.59 Å². The zero-order chi connectivity index (χ0) is 34.2. The van der Waals surface area contributed by atoms with Gasteiger partial charge in [-0.15, -0.1) is 0 Å². The molecule has 0 radical (unpaired) electrons. The Kier molecular flexibility index (Phi) is 10.0. The SMILES string of the molecule is CCCCc1cc(NC(=O)Nc2ccc(OCc3ccnc(Nc4cncc(CC(N)=O)n4)c3)c3ccccc23)n(-c2ccc(C)cc2)n1. The topological polar surface area (TPSA) is 162 Å². The minimum absolute atomic E-state index is 0.00357. The number of benzene rings is 3. The first-order valence-corrected chi connectivity index (χ1v) is 16.0. The molecule has 0 aliphatic heterocycles. The number of anilines is 4. The lowest BCUT2D eigenvalue weighted by Gasteiger charge is -2.15. The summed E-state index contributed by atoms with van der Waals surface area (Å²) in [6, 6.07) is 24.7. The number of aromatic nitrogens is 5. The summed E-state index contributed by atoms with van der Waals surface area (Å²) < 4.78 is 8.03. The van der Waals surface area contributed by atoms with E-state index < -0.39 is 5.91 Å². The predicted molar refractivity (Wildman–Crippen MR) is 190 cm³/mol. The minimum atomic E-state index is -0.485. The molecule has 49 heavy (non-hydrogen) atoms. The van der Waals surface area contributed by atoms with Crippen LogP contribution in [0.3, 0.4) is 0 Å². The van der Waals surface area contributed by atoms with Crippen molar-refractivity contribution in [2.75, 3.05) is 16.0 Å². The van der Waals surface area contributed by atoms with Gasteiger partial charge in [-0.2, -0.15) is 5.10 Å². The van der Waals surface area contributed by atoms with Crippen LogP contribution in [0.25, 0.3) is 16.5 Å². The van der Waals surface area contributed by atoms with E-state index in [4.69, 9.17) is 15.6 Å². The highest BCUT2D eigenvalue weighted by atomic mass is 16.5. The minimum Gasteiger partial charge on any atom is -0.488 e. The molecule has 5 N–H and O–H groups in total. The standard InChI is InChI=1S/C37H37N9O3/c1-3-4-7-26-20-36(46(45-26)28-12-10-24(2)11-13-28)44-37(48)42-31-14-15-32(30-9-6-5-8-29(30)31)49-23-25-16-17-40-34(18-25)43-35-22-39-21-27(41-35)19-33(38)47/h5-6,8-18,20-22H,3-4,7,19,23H2,1-2H3,(H2,38,47)(H,40,41,43)(H2,42,44,48). The number of urea groups is 1. The van der Waals surface area contributed by atoms with Crippen LogP contribution in [0.5, 0.6) is 5.75 Å². The normalized spacial score (nSPS) is 10.9. The molecule has 12 nitrogen and oxygen atoms in total. The molecule has 0 spiro atoms. The number of carbonyl (C=O) groups excluding carboxylic acids is 2. The Morgan fingerprint density at radius 1 is 0.898 bits per heavy atom. The second-order valence-electron chi connectivity index (χ2n) is 11.6. The number of nitrogens with two attached hydrogens (primary N) is 1. The Morgan fingerprint density at radius 3 is 2.51 bits per heavy atom. The van der Waals surface area contributed by atoms with Crippen LogP contribution in [-0.2, 0) is 24.2 Å². The first-order valence-electron chi connectivity index (χ1n) is 16.0. The zero-order valence-electron chi connectivity index (χ0n) is 27.3. The second kappa shape index (κ2) is 15.1. The number of ether oxygens (including phenoxy) is 1. The molecule has 3 amide bonds. The summed E-state index contributed by atoms with van der Waals surface area (Å²) in [7, 11) is 0. The van der Waals surface area contributed by atoms with Crippen molar-refractivity contribution in [2.24, 2.45) is 5.73 Å². The summed E-state index contributed by atoms with van der Waals surface area (Å²) >= 11 is 0. The fraction of sp³-hybridized carbons (Fsp3) is 0.189. The molecule has 248 valence electrons. The number of pyridine rings is 1. The van der Waals surface area contributed by atoms with Crippen LogP contribution in [0.1, 0.15) is 42.3 Å². The molecule has 0 aliphatic carbocycles. The lowest BCUT2D eigenvalue weighted by Crippen LogP contribution is -2.21. The smallest absolute Gasteiger partial charge is 0.324 e. The van der Waals surface area contributed by atoms with E-state index in [0.29, 0.717) is 34.6 Å². The third kappa shape index (κ3) is 8.35. The van der Waals surface area contributed by atoms with Crippen LogP contribution in [0, 0.1) is 6.92 Å². The highest BCUT2D eigenvalue weighted by molar-refractivity contribution is 6.07. The van der Waals surface area contributed by atoms with E-state index in [1.807, 2.05) is 85.8 Å². The Labute approximate surface area is 283 Å². The number of hydrogen-bond donors (Lipinski definition) is 4. The van der Waals surface area contributed by atoms with Gasteiger partial charge >= 0.3 is 6.03 Å². The monoisotopic (exact) mass is 655 g/mol. The number of fused-ring (bicyclic) bond motifs is 1. The predicted octanol–water partition coefficient (Wildman–Crippen LogP) is 6.86. The highest BCUT2D eigenvalue weighted by Gasteiger charge is 2.15. The van der Waals surface area contributed by atoms with Crippen molar-refractivity contribution in [1.29, 1.82) is 0 Å². The molecular formula is C37H37N9O3. The van der Waals surface area contributed by atoms with Gasteiger partial charge in [0.05, 0.1) is 35.4 Å². The molecule has 12 heteroatoms. The van der Waals surface area contributed by atoms with Gasteiger partial charge in [0.1, 0.15) is 29.8 Å². The fourth-order valence-corrected chi connectivity index (χ4v) is 5.31. The van der Waals surface area contributed by atoms with E-state index in [2.05, 4.69) is 37.8 Å². The average molecular weight is 656 g/mol. The van der Waals surface area contributed by atoms with Crippen molar-refractivity contribution < 1.29 is 14.3 Å². The van der Waals surface area contributed by atoms with Gasteiger partial charge in [-0.1, -0.05) is 55.3 Å². The van der Waals surface area contributed by atoms with E-state index >= 15 is 0 Å². The fourth-order valence-electron chi connectivity index (χ4n) is 5.31. The van der Waals surface area contributed by atoms with Crippen LogP contribution in [0.4, 0.5) is 27.9 Å². The Bertz CT molecular complexity index is 2090. The summed E-state index contributed by atoms with van der Waals surface area (Å²) in [6.45, 7) is 4.45. The number of unbranched alkanes of at least 4 members (excludes halogenated alkanes) is 1. The molecule has 3 aromatic carbocycles. The van der Waals surface area contributed by atoms with Gasteiger partial charge in [0.2, 0.25) is 5.91 Å². The van der Waals surface area contributed by atoms with Gasteiger partial charge in [-0.3, -0.25) is 15.1 Å². The number of carbonyl (C=O) groups is 2. The van der Waals surface area contributed by atoms with Crippen LogP contribution < -0.4 is 26.4 Å². The maximum atomic E-state index is 13.4. The Balaban J connectivity index is 1.15. The van der Waals surface area contributed by atoms with E-state index in [-0.39, 0.29) is 19.1 Å². The zero-order valence-corrected chi connectivity index (χ0v) is 27.3. The first-order chi connectivity index (χ1) is 23.8. The highest BCUT2D eigenvalue weighted by Crippen LogP contribution is 2.32. The molecule has 6 aromatic rings. The number of rotatable bonds is 13. The van der Waals surface area contributed by atoms with Gasteiger partial charge in [-0.25, -0.2) is 19.4 Å². The van der Waals surface area contributed by atoms with Crippen LogP contribution in [0.15, 0.2) is 97.5 Å². The van der Waals surface area contributed by atoms with Crippen LogP contribution in [-0.4, -0.2) is 36.7 Å². The van der Waals surface area contributed by atoms with Gasteiger partial charge in [0.25, 0.3) is 0 Å². The molecule has 6 rings (SSSR count). The van der Waals surface area contributed by atoms with E-state index in [1.54, 1.807) is 17.1 Å². The summed E-state index contributed by atoms with van der Waals surface area (Å²) in [5, 5.41) is 15.6. The largest absolute Gasteiger partial charge is 0.488 e. The molecule has 3 aromatic heterocycles. The lowest BCUT2D eigenvalue weighted by molar-refractivity contribution is -0.117. The number of nitrogens with zero attached hydrogens (tertiary/aromatic N) is 5. The Morgan fingerprint density at radius 2 is 1.71 bits per heavy atom. The second-order valence-corrected chi connectivity index (χ2v) is 11.6. The van der Waals surface area contributed by atoms with E-state index in [0.717, 1.165) is 52.5 Å². The molecule has 0 saturated carbocycles. The van der Waals surface area contributed by atoms with Crippen molar-refractivity contribution in [3.05, 3.63) is 120 Å². The molecular weight excluding hydrogens is 618 g/mol. The summed E-state index contributed by atoms with van der Waals surface area (Å²) in [4.78, 5) is 37.5. The number of nitrogens with one attached hydrogen (secondary N) is 3. The third-order valence-corrected chi connectivity index (χ3v) is 7.71. The average Bonchev–Trinajstić information content (AvgIpc) is 3.49. The summed E-state index contributed by atoms with van der Waals surface area (Å²) in [5.41, 5.74) is 10.2. The van der Waals surface area contributed by atoms with Gasteiger partial charge < -0.3 is 21.1 Å². The lowest BCUT2D eigenvalue weighted by atomic mass is 10.1. The Hall–Kier alpha value is -6.30. The number of amides is 3. The number of aryl methyl sites for hydroxylation is 2. The van der Waals surface area contributed by atoms with Crippen LogP contribution >= 0.6 is 0 Å². The maximum Gasteiger partial charge on any atom is 0.324 e.